The summed E-state index contributed by atoms with van der Waals surface area (Å²) in [6.07, 6.45) is -4.50. The highest BCUT2D eigenvalue weighted by Gasteiger charge is 2.33. The predicted molar refractivity (Wildman–Crippen MR) is 78.3 cm³/mol. The number of benzene rings is 2. The number of nitrogens with two attached hydrogens (primary N) is 1. The number of nitrogen functional groups attached to an aromatic ring is 1. The van der Waals surface area contributed by atoms with Gasteiger partial charge in [0.15, 0.2) is 0 Å². The van der Waals surface area contributed by atoms with Crippen molar-refractivity contribution in [2.45, 2.75) is 6.18 Å². The first-order valence-electron chi connectivity index (χ1n) is 5.46. The molecule has 20 heavy (non-hydrogen) atoms. The first-order valence-corrected chi connectivity index (χ1v) is 6.63. The molecule has 0 saturated heterocycles. The molecular weight excluding hydrogens is 357 g/mol. The maximum Gasteiger partial charge on any atom is 0.418 e. The Bertz CT molecular complexity index is 644. The van der Waals surface area contributed by atoms with E-state index in [0.29, 0.717) is 15.2 Å². The second-order valence-electron chi connectivity index (χ2n) is 4.05. The van der Waals surface area contributed by atoms with E-state index in [9.17, 15) is 13.2 Å². The van der Waals surface area contributed by atoms with E-state index >= 15 is 0 Å². The summed E-state index contributed by atoms with van der Waals surface area (Å²) in [5.41, 5.74) is 4.98. The molecule has 0 bridgehead atoms. The molecule has 0 unspecified atom stereocenters. The lowest BCUT2D eigenvalue weighted by molar-refractivity contribution is -0.136. The van der Waals surface area contributed by atoms with Crippen LogP contribution >= 0.6 is 27.5 Å². The average molecular weight is 366 g/mol. The summed E-state index contributed by atoms with van der Waals surface area (Å²) in [6, 6.07) is 8.38. The predicted octanol–water partition coefficient (Wildman–Crippen LogP) is 5.45. The zero-order valence-electron chi connectivity index (χ0n) is 9.93. The smallest absolute Gasteiger partial charge is 0.399 e. The van der Waals surface area contributed by atoms with Crippen LogP contribution < -0.4 is 11.1 Å². The van der Waals surface area contributed by atoms with Crippen LogP contribution in [0.3, 0.4) is 0 Å². The maximum absolute atomic E-state index is 13.0. The Hall–Kier alpha value is -1.40. The van der Waals surface area contributed by atoms with Crippen LogP contribution in [0.15, 0.2) is 40.9 Å². The first kappa shape index (κ1) is 15.0. The van der Waals surface area contributed by atoms with Gasteiger partial charge in [-0.15, -0.1) is 0 Å². The van der Waals surface area contributed by atoms with Gasteiger partial charge < -0.3 is 11.1 Å². The van der Waals surface area contributed by atoms with E-state index in [1.54, 1.807) is 12.1 Å². The molecule has 2 aromatic rings. The van der Waals surface area contributed by atoms with Crippen LogP contribution in [0.1, 0.15) is 5.56 Å². The molecule has 0 amide bonds. The fourth-order valence-electron chi connectivity index (χ4n) is 1.64. The van der Waals surface area contributed by atoms with Crippen molar-refractivity contribution in [3.05, 3.63) is 51.5 Å². The van der Waals surface area contributed by atoms with Gasteiger partial charge in [-0.2, -0.15) is 13.2 Å². The van der Waals surface area contributed by atoms with Crippen LogP contribution in [0.25, 0.3) is 0 Å². The van der Waals surface area contributed by atoms with E-state index < -0.39 is 11.7 Å². The fraction of sp³-hybridized carbons (Fsp3) is 0.0769. The van der Waals surface area contributed by atoms with E-state index in [0.717, 1.165) is 6.07 Å². The number of hydrogen-bond acceptors (Lipinski definition) is 2. The molecule has 0 atom stereocenters. The molecule has 0 radical (unpaired) electrons. The second-order valence-corrected chi connectivity index (χ2v) is 5.34. The number of anilines is 3. The molecule has 0 aromatic heterocycles. The largest absolute Gasteiger partial charge is 0.418 e. The lowest BCUT2D eigenvalue weighted by Crippen LogP contribution is -2.09. The zero-order valence-corrected chi connectivity index (χ0v) is 12.3. The number of halogens is 5. The first-order chi connectivity index (χ1) is 9.27. The van der Waals surface area contributed by atoms with Crippen molar-refractivity contribution in [1.82, 2.24) is 0 Å². The van der Waals surface area contributed by atoms with Crippen molar-refractivity contribution in [2.24, 2.45) is 0 Å². The number of hydrogen-bond donors (Lipinski definition) is 2. The van der Waals surface area contributed by atoms with Crippen LogP contribution in [-0.4, -0.2) is 0 Å². The van der Waals surface area contributed by atoms with Crippen LogP contribution in [-0.2, 0) is 6.18 Å². The third kappa shape index (κ3) is 3.37. The maximum atomic E-state index is 13.0. The molecule has 0 aliphatic rings. The monoisotopic (exact) mass is 364 g/mol. The Morgan fingerprint density at radius 1 is 1.05 bits per heavy atom. The highest BCUT2D eigenvalue weighted by Crippen LogP contribution is 2.38. The number of alkyl halides is 3. The molecule has 0 saturated carbocycles. The fourth-order valence-corrected chi connectivity index (χ4v) is 2.16. The Morgan fingerprint density at radius 3 is 2.40 bits per heavy atom. The average Bonchev–Trinajstić information content (AvgIpc) is 2.34. The van der Waals surface area contributed by atoms with E-state index in [-0.39, 0.29) is 11.4 Å². The SMILES string of the molecule is Nc1ccc(Nc2cc(Cl)ccc2Br)c(C(F)(F)F)c1. The van der Waals surface area contributed by atoms with Crippen LogP contribution in [0, 0.1) is 0 Å². The summed E-state index contributed by atoms with van der Waals surface area (Å²) < 4.78 is 39.5. The normalized spacial score (nSPS) is 11.4. The molecule has 0 heterocycles. The number of nitrogens with one attached hydrogen (secondary N) is 1. The van der Waals surface area contributed by atoms with Crippen molar-refractivity contribution < 1.29 is 13.2 Å². The van der Waals surface area contributed by atoms with E-state index in [1.807, 2.05) is 0 Å². The summed E-state index contributed by atoms with van der Waals surface area (Å²) in [5.74, 6) is 0. The molecule has 0 fully saturated rings. The standard InChI is InChI=1S/C13H9BrClF3N2/c14-10-3-1-7(15)5-12(10)20-11-4-2-8(19)6-9(11)13(16,17)18/h1-6,20H,19H2. The van der Waals surface area contributed by atoms with Gasteiger partial charge in [-0.3, -0.25) is 0 Å². The minimum Gasteiger partial charge on any atom is -0.399 e. The minimum atomic E-state index is -4.50. The Balaban J connectivity index is 2.46. The highest BCUT2D eigenvalue weighted by atomic mass is 79.9. The van der Waals surface area contributed by atoms with Crippen LogP contribution in [0.5, 0.6) is 0 Å². The molecule has 106 valence electrons. The minimum absolute atomic E-state index is 0.0491. The van der Waals surface area contributed by atoms with Gasteiger partial charge in [0.25, 0.3) is 0 Å². The Morgan fingerprint density at radius 2 is 1.75 bits per heavy atom. The van der Waals surface area contributed by atoms with Crippen molar-refractivity contribution in [2.75, 3.05) is 11.1 Å². The van der Waals surface area contributed by atoms with Gasteiger partial charge in [-0.1, -0.05) is 11.6 Å². The Labute approximate surface area is 126 Å². The molecule has 2 rings (SSSR count). The van der Waals surface area contributed by atoms with Crippen molar-refractivity contribution in [1.29, 1.82) is 0 Å². The molecule has 0 aliphatic heterocycles. The van der Waals surface area contributed by atoms with Gasteiger partial charge in [-0.25, -0.2) is 0 Å². The zero-order chi connectivity index (χ0) is 14.9. The number of rotatable bonds is 2. The molecule has 7 heteroatoms. The third-order valence-electron chi connectivity index (χ3n) is 2.55. The summed E-state index contributed by atoms with van der Waals surface area (Å²) >= 11 is 9.09. The van der Waals surface area contributed by atoms with Crippen molar-refractivity contribution in [3.8, 4) is 0 Å². The van der Waals surface area contributed by atoms with Crippen molar-refractivity contribution in [3.63, 3.8) is 0 Å². The topological polar surface area (TPSA) is 38.0 Å². The summed E-state index contributed by atoms with van der Waals surface area (Å²) in [4.78, 5) is 0. The van der Waals surface area contributed by atoms with E-state index in [2.05, 4.69) is 21.2 Å². The van der Waals surface area contributed by atoms with Gasteiger partial charge in [0, 0.05) is 15.2 Å². The molecule has 0 spiro atoms. The van der Waals surface area contributed by atoms with Gasteiger partial charge in [-0.05, 0) is 52.3 Å². The van der Waals surface area contributed by atoms with Crippen molar-refractivity contribution >= 4 is 44.6 Å². The third-order valence-corrected chi connectivity index (χ3v) is 3.47. The molecule has 0 aliphatic carbocycles. The van der Waals surface area contributed by atoms with Gasteiger partial charge in [0.1, 0.15) is 0 Å². The molecule has 3 N–H and O–H groups in total. The van der Waals surface area contributed by atoms with Gasteiger partial charge in [0.2, 0.25) is 0 Å². The molecular formula is C13H9BrClF3N2. The van der Waals surface area contributed by atoms with E-state index in [1.165, 1.54) is 18.2 Å². The van der Waals surface area contributed by atoms with Gasteiger partial charge in [0.05, 0.1) is 16.9 Å². The van der Waals surface area contributed by atoms with Crippen LogP contribution in [0.4, 0.5) is 30.2 Å². The lowest BCUT2D eigenvalue weighted by atomic mass is 10.1. The second kappa shape index (κ2) is 5.54. The van der Waals surface area contributed by atoms with E-state index in [4.69, 9.17) is 17.3 Å². The molecule has 2 aromatic carbocycles. The summed E-state index contributed by atoms with van der Waals surface area (Å²) in [5, 5.41) is 3.12. The Kier molecular flexibility index (Phi) is 4.15. The van der Waals surface area contributed by atoms with Crippen LogP contribution in [0.2, 0.25) is 5.02 Å². The quantitative estimate of drug-likeness (QED) is 0.695. The summed E-state index contributed by atoms with van der Waals surface area (Å²) in [6.45, 7) is 0. The summed E-state index contributed by atoms with van der Waals surface area (Å²) in [7, 11) is 0. The lowest BCUT2D eigenvalue weighted by Gasteiger charge is -2.16. The highest BCUT2D eigenvalue weighted by molar-refractivity contribution is 9.10. The van der Waals surface area contributed by atoms with Gasteiger partial charge >= 0.3 is 6.18 Å². The molecule has 2 nitrogen and oxygen atoms in total.